The molecule has 0 aromatic carbocycles. The van der Waals surface area contributed by atoms with Gasteiger partial charge in [-0.1, -0.05) is 5.79 Å². The molecule has 0 amide bonds. The molecule has 1 atom stereocenters. The molecule has 0 spiro atoms. The second-order valence-electron chi connectivity index (χ2n) is 2.33. The molecule has 0 aliphatic rings. The van der Waals surface area contributed by atoms with Gasteiger partial charge >= 0.3 is 14.5 Å². The summed E-state index contributed by atoms with van der Waals surface area (Å²) in [5, 5.41) is 1.10. The fraction of sp³-hybridized carbons (Fsp3) is 1.00. The molecule has 0 aromatic heterocycles. The van der Waals surface area contributed by atoms with Gasteiger partial charge in [0, 0.05) is 20.3 Å². The molecule has 0 radical (unpaired) electrons. The molecule has 54 valence electrons. The standard InChI is InChI=1S/C4H9O.CH3O.CH3.Al/c1-4(2)5-3;1-2;;/h4H,1H2,2-3H3;1H3;1H3;/q;-1;;+1. The van der Waals surface area contributed by atoms with Crippen molar-refractivity contribution in [3.63, 3.8) is 0 Å². The maximum absolute atomic E-state index is 5.18. The maximum Gasteiger partial charge on any atom is 0.459 e. The van der Waals surface area contributed by atoms with Crippen molar-refractivity contribution in [1.82, 2.24) is 0 Å². The molecule has 0 saturated heterocycles. The van der Waals surface area contributed by atoms with Crippen LogP contribution in [0.4, 0.5) is 0 Å². The number of rotatable bonds is 4. The Kier molecular flexibility index (Phi) is 5.52. The normalized spacial score (nSPS) is 13.3. The molecular weight excluding hydrogens is 131 g/mol. The number of methoxy groups -OCH3 is 1. The molecule has 0 heterocycles. The fourth-order valence-electron chi connectivity index (χ4n) is 0.660. The van der Waals surface area contributed by atoms with Gasteiger partial charge in [0.25, 0.3) is 0 Å². The van der Waals surface area contributed by atoms with Gasteiger partial charge in [-0.05, 0) is 12.2 Å². The minimum atomic E-state index is -0.882. The SMILES string of the molecule is COC(C)[CH2][Al]([CH3])[O]C. The van der Waals surface area contributed by atoms with E-state index in [1.54, 1.807) is 14.2 Å². The minimum absolute atomic E-state index is 0.367. The Hall–Kier alpha value is 0.452. The summed E-state index contributed by atoms with van der Waals surface area (Å²) in [6.45, 7) is 2.07. The third kappa shape index (κ3) is 4.93. The van der Waals surface area contributed by atoms with E-state index >= 15 is 0 Å². The Morgan fingerprint density at radius 1 is 1.44 bits per heavy atom. The molecule has 0 aliphatic carbocycles. The Balaban J connectivity index is 3.22. The van der Waals surface area contributed by atoms with Crippen LogP contribution in [0.2, 0.25) is 11.1 Å². The van der Waals surface area contributed by atoms with E-state index in [1.165, 1.54) is 0 Å². The molecule has 0 saturated carbocycles. The van der Waals surface area contributed by atoms with Crippen LogP contribution in [0.15, 0.2) is 0 Å². The maximum atomic E-state index is 5.18. The lowest BCUT2D eigenvalue weighted by Gasteiger charge is -2.09. The van der Waals surface area contributed by atoms with Crippen LogP contribution in [-0.2, 0) is 8.53 Å². The highest BCUT2D eigenvalue weighted by Gasteiger charge is 2.14. The lowest BCUT2D eigenvalue weighted by atomic mass is 10.5. The second kappa shape index (κ2) is 5.25. The first kappa shape index (κ1) is 9.45. The lowest BCUT2D eigenvalue weighted by Crippen LogP contribution is -2.18. The largest absolute Gasteiger partial charge is 0.503 e. The van der Waals surface area contributed by atoms with Crippen LogP contribution < -0.4 is 0 Å². The van der Waals surface area contributed by atoms with Gasteiger partial charge in [-0.25, -0.2) is 0 Å². The van der Waals surface area contributed by atoms with E-state index in [0.29, 0.717) is 6.10 Å². The quantitative estimate of drug-likeness (QED) is 0.556. The topological polar surface area (TPSA) is 18.5 Å². The van der Waals surface area contributed by atoms with Gasteiger partial charge in [0.2, 0.25) is 0 Å². The summed E-state index contributed by atoms with van der Waals surface area (Å²) >= 11 is -0.882. The zero-order valence-electron chi connectivity index (χ0n) is 6.68. The molecule has 9 heavy (non-hydrogen) atoms. The van der Waals surface area contributed by atoms with Crippen LogP contribution >= 0.6 is 0 Å². The molecule has 2 nitrogen and oxygen atoms in total. The summed E-state index contributed by atoms with van der Waals surface area (Å²) in [5.41, 5.74) is 0. The van der Waals surface area contributed by atoms with Gasteiger partial charge in [-0.15, -0.1) is 0 Å². The molecule has 0 bridgehead atoms. The van der Waals surface area contributed by atoms with Crippen molar-refractivity contribution in [3.8, 4) is 0 Å². The first-order chi connectivity index (χ1) is 4.20. The molecule has 3 heteroatoms. The highest BCUT2D eigenvalue weighted by atomic mass is 27.2. The predicted molar refractivity (Wildman–Crippen MR) is 39.9 cm³/mol. The average molecular weight is 146 g/mol. The van der Waals surface area contributed by atoms with E-state index in [4.69, 9.17) is 8.53 Å². The molecule has 1 unspecified atom stereocenters. The van der Waals surface area contributed by atoms with Crippen molar-refractivity contribution in [3.05, 3.63) is 0 Å². The third-order valence-electron chi connectivity index (χ3n) is 1.47. The van der Waals surface area contributed by atoms with Gasteiger partial charge in [-0.2, -0.15) is 0 Å². The Morgan fingerprint density at radius 3 is 2.33 bits per heavy atom. The molecule has 0 aliphatic heterocycles. The highest BCUT2D eigenvalue weighted by Crippen LogP contribution is 2.01. The zero-order valence-corrected chi connectivity index (χ0v) is 7.83. The molecule has 0 N–H and O–H groups in total. The van der Waals surface area contributed by atoms with E-state index in [-0.39, 0.29) is 0 Å². The van der Waals surface area contributed by atoms with Gasteiger partial charge in [0.1, 0.15) is 0 Å². The van der Waals surface area contributed by atoms with Gasteiger partial charge < -0.3 is 8.53 Å². The Morgan fingerprint density at radius 2 is 2.00 bits per heavy atom. The first-order valence-corrected chi connectivity index (χ1v) is 5.70. The van der Waals surface area contributed by atoms with Crippen molar-refractivity contribution < 1.29 is 8.53 Å². The summed E-state index contributed by atoms with van der Waals surface area (Å²) in [6, 6.07) is 0. The third-order valence-corrected chi connectivity index (χ3v) is 3.60. The smallest absolute Gasteiger partial charge is 0.459 e. The minimum Gasteiger partial charge on any atom is -0.503 e. The highest BCUT2D eigenvalue weighted by molar-refractivity contribution is 6.50. The molecule has 0 fully saturated rings. The number of ether oxygens (including phenoxy) is 1. The summed E-state index contributed by atoms with van der Waals surface area (Å²) in [6.07, 6.45) is 0.367. The summed E-state index contributed by atoms with van der Waals surface area (Å²) in [7, 11) is 3.51. The second-order valence-corrected chi connectivity index (χ2v) is 4.89. The Labute approximate surface area is 61.9 Å². The van der Waals surface area contributed by atoms with E-state index in [2.05, 4.69) is 12.7 Å². The number of hydrogen-bond donors (Lipinski definition) is 0. The van der Waals surface area contributed by atoms with E-state index in [0.717, 1.165) is 5.28 Å². The fourth-order valence-corrected chi connectivity index (χ4v) is 1.98. The van der Waals surface area contributed by atoms with Gasteiger partial charge in [0.15, 0.2) is 0 Å². The van der Waals surface area contributed by atoms with Gasteiger partial charge in [-0.3, -0.25) is 0 Å². The monoisotopic (exact) mass is 146 g/mol. The summed E-state index contributed by atoms with van der Waals surface area (Å²) in [5.74, 6) is 2.18. The lowest BCUT2D eigenvalue weighted by molar-refractivity contribution is 0.130. The van der Waals surface area contributed by atoms with Crippen LogP contribution in [-0.4, -0.2) is 34.8 Å². The van der Waals surface area contributed by atoms with Crippen molar-refractivity contribution in [2.45, 2.75) is 24.1 Å². The van der Waals surface area contributed by atoms with Crippen LogP contribution in [0.1, 0.15) is 6.92 Å². The van der Waals surface area contributed by atoms with Crippen LogP contribution in [0.5, 0.6) is 0 Å². The van der Waals surface area contributed by atoms with E-state index in [1.807, 2.05) is 0 Å². The van der Waals surface area contributed by atoms with Crippen LogP contribution in [0.25, 0.3) is 0 Å². The molecule has 0 rings (SSSR count). The Bertz CT molecular complexity index is 60.1. The van der Waals surface area contributed by atoms with Crippen molar-refractivity contribution in [1.29, 1.82) is 0 Å². The van der Waals surface area contributed by atoms with Crippen molar-refractivity contribution >= 4 is 14.5 Å². The predicted octanol–water partition coefficient (Wildman–Crippen LogP) is 1.29. The molecular formula is C6H15AlO2. The summed E-state index contributed by atoms with van der Waals surface area (Å²) in [4.78, 5) is 0. The van der Waals surface area contributed by atoms with Crippen molar-refractivity contribution in [2.24, 2.45) is 0 Å². The number of hydrogen-bond acceptors (Lipinski definition) is 2. The van der Waals surface area contributed by atoms with Crippen LogP contribution in [0, 0.1) is 0 Å². The van der Waals surface area contributed by atoms with E-state index in [9.17, 15) is 0 Å². The van der Waals surface area contributed by atoms with Crippen molar-refractivity contribution in [2.75, 3.05) is 14.2 Å². The first-order valence-electron chi connectivity index (χ1n) is 3.26. The molecule has 0 aromatic rings. The average Bonchev–Trinajstić information content (AvgIpc) is 1.87. The zero-order chi connectivity index (χ0) is 7.28. The van der Waals surface area contributed by atoms with Crippen LogP contribution in [0.3, 0.4) is 0 Å². The van der Waals surface area contributed by atoms with E-state index < -0.39 is 14.5 Å². The van der Waals surface area contributed by atoms with Gasteiger partial charge in [0.05, 0.1) is 0 Å². The summed E-state index contributed by atoms with van der Waals surface area (Å²) < 4.78 is 10.3.